The number of carbonyl (C=O) groups is 2. The molecule has 0 fully saturated rings. The first-order valence-electron chi connectivity index (χ1n) is 10.9. The quantitative estimate of drug-likeness (QED) is 0.278. The summed E-state index contributed by atoms with van der Waals surface area (Å²) in [6, 6.07) is 7.88. The van der Waals surface area contributed by atoms with E-state index >= 15 is 0 Å². The van der Waals surface area contributed by atoms with E-state index in [1.165, 1.54) is 25.5 Å². The first-order chi connectivity index (χ1) is 16.4. The Morgan fingerprint density at radius 2 is 1.85 bits per heavy atom. The minimum absolute atomic E-state index is 0.00653. The largest absolute Gasteiger partial charge is 0.493 e. The highest BCUT2D eigenvalue weighted by Crippen LogP contribution is 2.35. The summed E-state index contributed by atoms with van der Waals surface area (Å²) in [5, 5.41) is 6.18. The van der Waals surface area contributed by atoms with Crippen LogP contribution in [0.3, 0.4) is 0 Å². The average molecular weight is 489 g/mol. The predicted molar refractivity (Wildman–Crippen MR) is 128 cm³/mol. The van der Waals surface area contributed by atoms with Crippen LogP contribution >= 0.6 is 11.6 Å². The topological polar surface area (TPSA) is 102 Å². The van der Waals surface area contributed by atoms with E-state index in [9.17, 15) is 14.0 Å². The maximum Gasteiger partial charge on any atom is 0.287 e. The lowest BCUT2D eigenvalue weighted by atomic mass is 10.1. The molecule has 2 N–H and O–H groups in total. The molecule has 1 aromatic heterocycles. The van der Waals surface area contributed by atoms with E-state index in [0.717, 1.165) is 19.3 Å². The van der Waals surface area contributed by atoms with E-state index in [1.807, 2.05) is 0 Å². The minimum Gasteiger partial charge on any atom is -0.493 e. The standard InChI is InChI=1S/C24H26ClFN4O4/c1-27-24(32)20(31)7-5-3-4-6-10-34-22-12-16-19(13-21(22)33-2)28-14-29-23(16)30-15-8-9-18(26)17(25)11-15/h8-9,11-14H,3-7,10H2,1-2H3,(H,27,32)(H,28,29,30). The molecule has 0 aliphatic heterocycles. The zero-order valence-corrected chi connectivity index (χ0v) is 19.7. The van der Waals surface area contributed by atoms with Gasteiger partial charge in [-0.25, -0.2) is 14.4 Å². The van der Waals surface area contributed by atoms with Gasteiger partial charge < -0.3 is 20.1 Å². The summed E-state index contributed by atoms with van der Waals surface area (Å²) in [5.74, 6) is 0.151. The number of aromatic nitrogens is 2. The molecule has 0 aliphatic carbocycles. The fourth-order valence-electron chi connectivity index (χ4n) is 3.32. The lowest BCUT2D eigenvalue weighted by Gasteiger charge is -2.14. The van der Waals surface area contributed by atoms with E-state index in [1.54, 1.807) is 25.3 Å². The Hall–Kier alpha value is -3.46. The van der Waals surface area contributed by atoms with Gasteiger partial charge in [-0.2, -0.15) is 0 Å². The van der Waals surface area contributed by atoms with Gasteiger partial charge in [-0.15, -0.1) is 0 Å². The van der Waals surface area contributed by atoms with Crippen molar-refractivity contribution < 1.29 is 23.5 Å². The summed E-state index contributed by atoms with van der Waals surface area (Å²) < 4.78 is 24.9. The van der Waals surface area contributed by atoms with Crippen molar-refractivity contribution in [1.29, 1.82) is 0 Å². The van der Waals surface area contributed by atoms with Crippen LogP contribution in [-0.4, -0.2) is 42.4 Å². The van der Waals surface area contributed by atoms with Gasteiger partial charge in [-0.1, -0.05) is 24.4 Å². The molecule has 1 heterocycles. The van der Waals surface area contributed by atoms with Crippen molar-refractivity contribution in [3.63, 3.8) is 0 Å². The number of ketones is 1. The van der Waals surface area contributed by atoms with E-state index in [0.29, 0.717) is 46.9 Å². The number of benzene rings is 2. The van der Waals surface area contributed by atoms with Gasteiger partial charge in [0.25, 0.3) is 5.91 Å². The average Bonchev–Trinajstić information content (AvgIpc) is 2.84. The normalized spacial score (nSPS) is 10.7. The van der Waals surface area contributed by atoms with Crippen LogP contribution in [0.5, 0.6) is 11.5 Å². The Morgan fingerprint density at radius 1 is 1.06 bits per heavy atom. The number of halogens is 2. The zero-order valence-electron chi connectivity index (χ0n) is 19.0. The maximum atomic E-state index is 13.5. The first kappa shape index (κ1) is 25.2. The van der Waals surface area contributed by atoms with Gasteiger partial charge in [0.15, 0.2) is 11.5 Å². The van der Waals surface area contributed by atoms with Crippen LogP contribution in [0, 0.1) is 5.82 Å². The summed E-state index contributed by atoms with van der Waals surface area (Å²) in [6.07, 6.45) is 4.78. The molecule has 8 nitrogen and oxygen atoms in total. The zero-order chi connectivity index (χ0) is 24.5. The summed E-state index contributed by atoms with van der Waals surface area (Å²) in [7, 11) is 3.00. The number of Topliss-reactive ketones (excluding diaryl/α,β-unsaturated/α-hetero) is 1. The molecule has 1 amide bonds. The smallest absolute Gasteiger partial charge is 0.287 e. The van der Waals surface area contributed by atoms with Crippen LogP contribution in [0.2, 0.25) is 5.02 Å². The number of fused-ring (bicyclic) bond motifs is 1. The van der Waals surface area contributed by atoms with Crippen molar-refractivity contribution in [2.75, 3.05) is 26.1 Å². The third-order valence-corrected chi connectivity index (χ3v) is 5.43. The lowest BCUT2D eigenvalue weighted by molar-refractivity contribution is -0.137. The monoisotopic (exact) mass is 488 g/mol. The summed E-state index contributed by atoms with van der Waals surface area (Å²) >= 11 is 5.88. The van der Waals surface area contributed by atoms with Crippen LogP contribution in [0.25, 0.3) is 10.9 Å². The van der Waals surface area contributed by atoms with E-state index < -0.39 is 17.5 Å². The Morgan fingerprint density at radius 3 is 2.59 bits per heavy atom. The molecule has 0 saturated carbocycles. The van der Waals surface area contributed by atoms with E-state index in [2.05, 4.69) is 20.6 Å². The first-order valence-corrected chi connectivity index (χ1v) is 11.2. The molecule has 180 valence electrons. The molecule has 3 aromatic rings. The van der Waals surface area contributed by atoms with Gasteiger partial charge in [0.2, 0.25) is 5.78 Å². The number of carbonyl (C=O) groups excluding carboxylic acids is 2. The highest BCUT2D eigenvalue weighted by atomic mass is 35.5. The molecule has 2 aromatic carbocycles. The lowest BCUT2D eigenvalue weighted by Crippen LogP contribution is -2.27. The Bertz CT molecular complexity index is 1180. The number of rotatable bonds is 12. The molecule has 3 rings (SSSR count). The number of methoxy groups -OCH3 is 1. The van der Waals surface area contributed by atoms with Crippen molar-refractivity contribution in [2.45, 2.75) is 32.1 Å². The summed E-state index contributed by atoms with van der Waals surface area (Å²) in [5.41, 5.74) is 1.23. The van der Waals surface area contributed by atoms with Crippen LogP contribution in [0.15, 0.2) is 36.7 Å². The second-order valence-electron chi connectivity index (χ2n) is 7.51. The summed E-state index contributed by atoms with van der Waals surface area (Å²) in [4.78, 5) is 31.3. The van der Waals surface area contributed by atoms with E-state index in [4.69, 9.17) is 21.1 Å². The molecule has 0 saturated heterocycles. The Kier molecular flexibility index (Phi) is 8.98. The molecular formula is C24H26ClFN4O4. The van der Waals surface area contributed by atoms with Crippen molar-refractivity contribution in [3.05, 3.63) is 47.5 Å². The van der Waals surface area contributed by atoms with Crippen molar-refractivity contribution in [3.8, 4) is 11.5 Å². The molecule has 0 radical (unpaired) electrons. The fourth-order valence-corrected chi connectivity index (χ4v) is 3.50. The van der Waals surface area contributed by atoms with Crippen LogP contribution in [-0.2, 0) is 9.59 Å². The third-order valence-electron chi connectivity index (χ3n) is 5.14. The number of anilines is 2. The second kappa shape index (κ2) is 12.1. The van der Waals surface area contributed by atoms with Crippen molar-refractivity contribution in [2.24, 2.45) is 0 Å². The van der Waals surface area contributed by atoms with Crippen LogP contribution < -0.4 is 20.1 Å². The van der Waals surface area contributed by atoms with Gasteiger partial charge in [0.05, 0.1) is 24.3 Å². The molecule has 0 spiro atoms. The van der Waals surface area contributed by atoms with Gasteiger partial charge in [0.1, 0.15) is 18.0 Å². The summed E-state index contributed by atoms with van der Waals surface area (Å²) in [6.45, 7) is 0.454. The molecule has 10 heteroatoms. The number of unbranched alkanes of at least 4 members (excludes halogenated alkanes) is 3. The molecule has 0 atom stereocenters. The van der Waals surface area contributed by atoms with E-state index in [-0.39, 0.29) is 11.4 Å². The highest BCUT2D eigenvalue weighted by molar-refractivity contribution is 6.36. The predicted octanol–water partition coefficient (Wildman–Crippen LogP) is 4.82. The maximum absolute atomic E-state index is 13.5. The molecule has 0 aliphatic rings. The van der Waals surface area contributed by atoms with Crippen molar-refractivity contribution >= 4 is 45.7 Å². The number of nitrogens with one attached hydrogen (secondary N) is 2. The number of hydrogen-bond acceptors (Lipinski definition) is 7. The fraction of sp³-hybridized carbons (Fsp3) is 0.333. The third kappa shape index (κ3) is 6.54. The Labute approximate surface area is 201 Å². The number of amides is 1. The molecular weight excluding hydrogens is 463 g/mol. The molecule has 0 bridgehead atoms. The van der Waals surface area contributed by atoms with Crippen molar-refractivity contribution in [1.82, 2.24) is 15.3 Å². The Balaban J connectivity index is 1.63. The molecule has 0 unspecified atom stereocenters. The second-order valence-corrected chi connectivity index (χ2v) is 7.92. The van der Waals surface area contributed by atoms with Gasteiger partial charge in [0, 0.05) is 30.6 Å². The van der Waals surface area contributed by atoms with Crippen LogP contribution in [0.1, 0.15) is 32.1 Å². The van der Waals surface area contributed by atoms with Gasteiger partial charge >= 0.3 is 0 Å². The highest BCUT2D eigenvalue weighted by Gasteiger charge is 2.13. The SMILES string of the molecule is CNC(=O)C(=O)CCCCCCOc1cc2c(Nc3ccc(F)c(Cl)c3)ncnc2cc1OC. The number of likely N-dealkylation sites (N-methyl/N-ethyl adjacent to an activating group) is 1. The number of nitrogens with zero attached hydrogens (tertiary/aromatic N) is 2. The van der Waals surface area contributed by atoms with Crippen LogP contribution in [0.4, 0.5) is 15.9 Å². The van der Waals surface area contributed by atoms with Gasteiger partial charge in [-0.05, 0) is 37.1 Å². The minimum atomic E-state index is -0.549. The number of ether oxygens (including phenoxy) is 2. The molecule has 34 heavy (non-hydrogen) atoms. The number of hydrogen-bond donors (Lipinski definition) is 2. The van der Waals surface area contributed by atoms with Gasteiger partial charge in [-0.3, -0.25) is 9.59 Å².